The highest BCUT2D eigenvalue weighted by Gasteiger charge is 2.28. The summed E-state index contributed by atoms with van der Waals surface area (Å²) >= 11 is 6.79. The first-order valence-corrected chi connectivity index (χ1v) is 13.5. The van der Waals surface area contributed by atoms with Gasteiger partial charge >= 0.3 is 0 Å². The number of benzene rings is 2. The third kappa shape index (κ3) is 5.10. The second kappa shape index (κ2) is 9.83. The molecule has 0 amide bonds. The number of nitrogens with one attached hydrogen (secondary N) is 2. The van der Waals surface area contributed by atoms with Gasteiger partial charge in [-0.2, -0.15) is 5.26 Å². The van der Waals surface area contributed by atoms with Crippen LogP contribution < -0.4 is 10.6 Å². The van der Waals surface area contributed by atoms with Gasteiger partial charge in [0.15, 0.2) is 0 Å². The van der Waals surface area contributed by atoms with Gasteiger partial charge in [0.05, 0.1) is 45.6 Å². The topological polar surface area (TPSA) is 104 Å². The van der Waals surface area contributed by atoms with E-state index in [0.717, 1.165) is 51.8 Å². The molecule has 0 radical (unpaired) electrons. The molecule has 1 aliphatic carbocycles. The SMILES string of the molecule is CC(C)(C)CNc1c(C#N)cnc2c(Cl)cc(N[C@H](c3cn(C4CC4)nn3)c3cccc4ncccc34)cc12. The minimum absolute atomic E-state index is 0.0167. The lowest BCUT2D eigenvalue weighted by atomic mass is 9.96. The Bertz CT molecular complexity index is 1720. The van der Waals surface area contributed by atoms with Crippen molar-refractivity contribution in [3.63, 3.8) is 0 Å². The van der Waals surface area contributed by atoms with Gasteiger partial charge in [-0.05, 0) is 48.1 Å². The van der Waals surface area contributed by atoms with Crippen LogP contribution in [0.5, 0.6) is 0 Å². The van der Waals surface area contributed by atoms with Crippen molar-refractivity contribution in [3.8, 4) is 6.07 Å². The number of halogens is 1. The zero-order valence-corrected chi connectivity index (χ0v) is 22.9. The molecule has 8 nitrogen and oxygen atoms in total. The number of aromatic nitrogens is 5. The smallest absolute Gasteiger partial charge is 0.110 e. The Balaban J connectivity index is 1.47. The summed E-state index contributed by atoms with van der Waals surface area (Å²) in [7, 11) is 0. The monoisotopic (exact) mass is 536 g/mol. The fraction of sp³-hybridized carbons (Fsp3) is 0.300. The minimum Gasteiger partial charge on any atom is -0.383 e. The van der Waals surface area contributed by atoms with Crippen LogP contribution in [0.2, 0.25) is 5.02 Å². The fourth-order valence-corrected chi connectivity index (χ4v) is 5.04. The zero-order chi connectivity index (χ0) is 27.1. The van der Waals surface area contributed by atoms with E-state index < -0.39 is 0 Å². The maximum atomic E-state index is 9.84. The van der Waals surface area contributed by atoms with Crippen LogP contribution in [0.15, 0.2) is 61.1 Å². The van der Waals surface area contributed by atoms with E-state index in [2.05, 4.69) is 69.9 Å². The number of pyridine rings is 2. The highest BCUT2D eigenvalue weighted by Crippen LogP contribution is 2.38. The quantitative estimate of drug-likeness (QED) is 0.233. The molecule has 1 atom stereocenters. The molecule has 3 heterocycles. The molecular formula is C30H29ClN8. The van der Waals surface area contributed by atoms with Crippen LogP contribution in [0.4, 0.5) is 11.4 Å². The van der Waals surface area contributed by atoms with Crippen LogP contribution >= 0.6 is 11.6 Å². The maximum absolute atomic E-state index is 9.84. The van der Waals surface area contributed by atoms with Gasteiger partial charge in [0.25, 0.3) is 0 Å². The molecule has 0 saturated heterocycles. The molecule has 196 valence electrons. The first-order chi connectivity index (χ1) is 18.8. The average molecular weight is 537 g/mol. The number of fused-ring (bicyclic) bond motifs is 2. The van der Waals surface area contributed by atoms with Gasteiger partial charge in [0.1, 0.15) is 11.8 Å². The Morgan fingerprint density at radius 3 is 2.74 bits per heavy atom. The molecule has 2 aromatic carbocycles. The minimum atomic E-state index is -0.308. The van der Waals surface area contributed by atoms with E-state index in [1.54, 1.807) is 12.4 Å². The van der Waals surface area contributed by atoms with E-state index in [0.29, 0.717) is 28.7 Å². The summed E-state index contributed by atoms with van der Waals surface area (Å²) in [5.74, 6) is 0. The van der Waals surface area contributed by atoms with Crippen molar-refractivity contribution in [1.82, 2.24) is 25.0 Å². The van der Waals surface area contributed by atoms with Crippen LogP contribution in [0.1, 0.15) is 62.5 Å². The van der Waals surface area contributed by atoms with Crippen molar-refractivity contribution in [3.05, 3.63) is 82.9 Å². The van der Waals surface area contributed by atoms with Gasteiger partial charge in [-0.25, -0.2) is 4.68 Å². The van der Waals surface area contributed by atoms with Crippen LogP contribution in [0, 0.1) is 16.7 Å². The Kier molecular flexibility index (Phi) is 6.32. The normalized spacial score (nSPS) is 14.3. The van der Waals surface area contributed by atoms with Crippen molar-refractivity contribution < 1.29 is 0 Å². The second-order valence-electron chi connectivity index (χ2n) is 11.3. The summed E-state index contributed by atoms with van der Waals surface area (Å²) in [5.41, 5.74) is 5.41. The zero-order valence-electron chi connectivity index (χ0n) is 22.1. The van der Waals surface area contributed by atoms with Crippen LogP contribution in [0.3, 0.4) is 0 Å². The number of nitrogens with zero attached hydrogens (tertiary/aromatic N) is 6. The lowest BCUT2D eigenvalue weighted by Gasteiger charge is -2.23. The van der Waals surface area contributed by atoms with Crippen molar-refractivity contribution in [2.24, 2.45) is 5.41 Å². The fourth-order valence-electron chi connectivity index (χ4n) is 4.77. The Morgan fingerprint density at radius 2 is 1.97 bits per heavy atom. The Morgan fingerprint density at radius 1 is 1.13 bits per heavy atom. The predicted octanol–water partition coefficient (Wildman–Crippen LogP) is 6.89. The highest BCUT2D eigenvalue weighted by atomic mass is 35.5. The van der Waals surface area contributed by atoms with E-state index in [1.807, 2.05) is 41.2 Å². The molecule has 0 aliphatic heterocycles. The van der Waals surface area contributed by atoms with E-state index in [1.165, 1.54) is 0 Å². The number of rotatable bonds is 7. The summed E-state index contributed by atoms with van der Waals surface area (Å²) in [6.07, 6.45) is 7.65. The molecule has 1 saturated carbocycles. The molecule has 39 heavy (non-hydrogen) atoms. The molecule has 9 heteroatoms. The highest BCUT2D eigenvalue weighted by molar-refractivity contribution is 6.35. The third-order valence-electron chi connectivity index (χ3n) is 6.89. The molecule has 0 bridgehead atoms. The molecular weight excluding hydrogens is 508 g/mol. The second-order valence-corrected chi connectivity index (χ2v) is 11.7. The van der Waals surface area contributed by atoms with Gasteiger partial charge < -0.3 is 10.6 Å². The van der Waals surface area contributed by atoms with Gasteiger partial charge in [-0.1, -0.05) is 55.8 Å². The third-order valence-corrected chi connectivity index (χ3v) is 7.18. The number of hydrogen-bond acceptors (Lipinski definition) is 7. The molecule has 3 aromatic heterocycles. The summed E-state index contributed by atoms with van der Waals surface area (Å²) in [4.78, 5) is 9.06. The lowest BCUT2D eigenvalue weighted by molar-refractivity contribution is 0.443. The van der Waals surface area contributed by atoms with Crippen molar-refractivity contribution in [2.45, 2.75) is 45.7 Å². The van der Waals surface area contributed by atoms with Gasteiger partial charge in [-0.3, -0.25) is 9.97 Å². The summed E-state index contributed by atoms with van der Waals surface area (Å²) in [6, 6.07) is 16.4. The van der Waals surface area contributed by atoms with E-state index in [4.69, 9.17) is 11.6 Å². The van der Waals surface area contributed by atoms with Crippen LogP contribution in [0.25, 0.3) is 21.8 Å². The molecule has 0 spiro atoms. The largest absolute Gasteiger partial charge is 0.383 e. The number of anilines is 2. The van der Waals surface area contributed by atoms with Gasteiger partial charge in [-0.15, -0.1) is 5.10 Å². The average Bonchev–Trinajstić information content (AvgIpc) is 3.66. The first kappa shape index (κ1) is 25.1. The molecule has 6 rings (SSSR count). The predicted molar refractivity (Wildman–Crippen MR) is 155 cm³/mol. The van der Waals surface area contributed by atoms with Crippen molar-refractivity contribution in [1.29, 1.82) is 5.26 Å². The number of hydrogen-bond donors (Lipinski definition) is 2. The summed E-state index contributed by atoms with van der Waals surface area (Å²) in [5, 5.41) is 28.3. The number of nitriles is 1. The standard InChI is InChI=1S/C30H29ClN8/c1-30(2,3)17-35-27-18(14-32)15-34-28-23(27)12-19(13-24(28)31)36-29(26-16-39(38-37-26)20-9-10-20)22-6-4-8-25-21(22)7-5-11-33-25/h4-8,11-13,15-16,20,29,36H,9-10,17H2,1-3H3,(H,34,35)/t29-/m0/s1. The van der Waals surface area contributed by atoms with E-state index in [-0.39, 0.29) is 11.5 Å². The molecule has 1 aliphatic rings. The van der Waals surface area contributed by atoms with Crippen LogP contribution in [-0.4, -0.2) is 31.5 Å². The van der Waals surface area contributed by atoms with Crippen LogP contribution in [-0.2, 0) is 0 Å². The summed E-state index contributed by atoms with van der Waals surface area (Å²) in [6.45, 7) is 7.13. The molecule has 2 N–H and O–H groups in total. The van der Waals surface area contributed by atoms with Gasteiger partial charge in [0.2, 0.25) is 0 Å². The van der Waals surface area contributed by atoms with Crippen molar-refractivity contribution in [2.75, 3.05) is 17.2 Å². The van der Waals surface area contributed by atoms with Gasteiger partial charge in [0, 0.05) is 35.4 Å². The van der Waals surface area contributed by atoms with E-state index in [9.17, 15) is 5.26 Å². The summed E-state index contributed by atoms with van der Waals surface area (Å²) < 4.78 is 1.96. The first-order valence-electron chi connectivity index (χ1n) is 13.1. The maximum Gasteiger partial charge on any atom is 0.110 e. The molecule has 1 fully saturated rings. The van der Waals surface area contributed by atoms with Crippen molar-refractivity contribution >= 4 is 44.8 Å². The lowest BCUT2D eigenvalue weighted by Crippen LogP contribution is -2.20. The molecule has 0 unspecified atom stereocenters. The Hall–Kier alpha value is -4.22. The Labute approximate surface area is 232 Å². The van der Waals surface area contributed by atoms with E-state index >= 15 is 0 Å². The molecule has 5 aromatic rings.